The van der Waals surface area contributed by atoms with Crippen LogP contribution in [0.2, 0.25) is 0 Å². The van der Waals surface area contributed by atoms with Crippen LogP contribution < -0.4 is 15.8 Å². The lowest BCUT2D eigenvalue weighted by Gasteiger charge is -2.18. The van der Waals surface area contributed by atoms with Crippen molar-refractivity contribution in [1.82, 2.24) is 4.98 Å². The number of aromatic nitrogens is 1. The second-order valence-electron chi connectivity index (χ2n) is 5.51. The van der Waals surface area contributed by atoms with Gasteiger partial charge in [0.1, 0.15) is 0 Å². The van der Waals surface area contributed by atoms with Gasteiger partial charge in [0.2, 0.25) is 5.88 Å². The Hall–Kier alpha value is -2.56. The molecule has 2 aromatic rings. The number of hydrogen-bond acceptors (Lipinski definition) is 3. The van der Waals surface area contributed by atoms with E-state index >= 15 is 0 Å². The summed E-state index contributed by atoms with van der Waals surface area (Å²) in [7, 11) is 1.59. The maximum Gasteiger partial charge on any atom is 0.316 e. The first-order chi connectivity index (χ1) is 10.6. The number of amides is 2. The number of fused-ring (bicyclic) bond motifs is 1. The highest BCUT2D eigenvalue weighted by Crippen LogP contribution is 2.40. The van der Waals surface area contributed by atoms with Crippen molar-refractivity contribution in [2.75, 3.05) is 12.4 Å². The van der Waals surface area contributed by atoms with Crippen molar-refractivity contribution in [3.8, 4) is 17.0 Å². The third-order valence-electron chi connectivity index (χ3n) is 4.08. The summed E-state index contributed by atoms with van der Waals surface area (Å²) < 4.78 is 5.21. The molecule has 5 heteroatoms. The van der Waals surface area contributed by atoms with Gasteiger partial charge in [0.15, 0.2) is 0 Å². The number of carbonyl (C=O) groups is 1. The predicted octanol–water partition coefficient (Wildman–Crippen LogP) is 3.04. The molecule has 5 nitrogen and oxygen atoms in total. The highest BCUT2D eigenvalue weighted by atomic mass is 16.5. The SMILES string of the molecule is COc1cc(-c2c(C)cc3c(c2NC(N)=O)CCC3)ccn1. The van der Waals surface area contributed by atoms with E-state index in [2.05, 4.69) is 16.4 Å². The zero-order chi connectivity index (χ0) is 15.7. The van der Waals surface area contributed by atoms with E-state index in [-0.39, 0.29) is 0 Å². The van der Waals surface area contributed by atoms with Gasteiger partial charge in [-0.1, -0.05) is 6.07 Å². The van der Waals surface area contributed by atoms with E-state index < -0.39 is 6.03 Å². The van der Waals surface area contributed by atoms with Gasteiger partial charge in [-0.2, -0.15) is 0 Å². The van der Waals surface area contributed by atoms with E-state index in [9.17, 15) is 4.79 Å². The highest BCUT2D eigenvalue weighted by molar-refractivity contribution is 5.96. The minimum absolute atomic E-state index is 0.540. The number of urea groups is 1. The summed E-state index contributed by atoms with van der Waals surface area (Å²) in [6.07, 6.45) is 4.81. The Bertz CT molecular complexity index is 741. The predicted molar refractivity (Wildman–Crippen MR) is 86.2 cm³/mol. The lowest BCUT2D eigenvalue weighted by molar-refractivity contribution is 0.259. The van der Waals surface area contributed by atoms with Gasteiger partial charge >= 0.3 is 6.03 Å². The number of benzene rings is 1. The largest absolute Gasteiger partial charge is 0.481 e. The van der Waals surface area contributed by atoms with E-state index in [4.69, 9.17) is 10.5 Å². The lowest BCUT2D eigenvalue weighted by Crippen LogP contribution is -2.21. The van der Waals surface area contributed by atoms with Crippen LogP contribution in [-0.2, 0) is 12.8 Å². The molecule has 1 aliphatic rings. The van der Waals surface area contributed by atoms with Crippen LogP contribution in [0.15, 0.2) is 24.4 Å². The smallest absolute Gasteiger partial charge is 0.316 e. The van der Waals surface area contributed by atoms with Crippen molar-refractivity contribution < 1.29 is 9.53 Å². The molecule has 1 aromatic heterocycles. The topological polar surface area (TPSA) is 77.2 Å². The number of rotatable bonds is 3. The molecule has 3 N–H and O–H groups in total. The van der Waals surface area contributed by atoms with Gasteiger partial charge in [0.25, 0.3) is 0 Å². The fraction of sp³-hybridized carbons (Fsp3) is 0.294. The number of hydrogen-bond donors (Lipinski definition) is 2. The van der Waals surface area contributed by atoms with E-state index in [0.29, 0.717) is 5.88 Å². The Balaban J connectivity index is 2.23. The number of primary amides is 1. The summed E-state index contributed by atoms with van der Waals surface area (Å²) in [6.45, 7) is 2.05. The lowest BCUT2D eigenvalue weighted by atomic mass is 9.93. The van der Waals surface area contributed by atoms with Crippen molar-refractivity contribution in [2.45, 2.75) is 26.2 Å². The molecule has 0 unspecified atom stereocenters. The fourth-order valence-electron chi connectivity index (χ4n) is 3.20. The number of nitrogens with zero attached hydrogens (tertiary/aromatic N) is 1. The number of ether oxygens (including phenoxy) is 1. The molecule has 3 rings (SSSR count). The molecule has 0 fully saturated rings. The molecule has 0 spiro atoms. The average Bonchev–Trinajstić information content (AvgIpc) is 2.95. The molecule has 0 radical (unpaired) electrons. The molecule has 0 saturated carbocycles. The standard InChI is InChI=1S/C17H19N3O2/c1-10-8-11-4-3-5-13(11)16(20-17(18)21)15(10)12-6-7-19-14(9-12)22-2/h6-9H,3-5H2,1-2H3,(H3,18,20,21). The zero-order valence-electron chi connectivity index (χ0n) is 12.8. The molecule has 0 bridgehead atoms. The number of nitrogens with two attached hydrogens (primary N) is 1. The summed E-state index contributed by atoms with van der Waals surface area (Å²) in [5, 5.41) is 2.83. The Morgan fingerprint density at radius 2 is 2.18 bits per heavy atom. The van der Waals surface area contributed by atoms with Gasteiger partial charge in [0, 0.05) is 17.8 Å². The summed E-state index contributed by atoms with van der Waals surface area (Å²) in [5.74, 6) is 0.544. The number of carbonyl (C=O) groups excluding carboxylic acids is 1. The van der Waals surface area contributed by atoms with Crippen LogP contribution in [0.1, 0.15) is 23.1 Å². The van der Waals surface area contributed by atoms with Crippen LogP contribution >= 0.6 is 0 Å². The summed E-state index contributed by atoms with van der Waals surface area (Å²) in [5.41, 5.74) is 11.8. The molecule has 114 valence electrons. The third kappa shape index (κ3) is 2.50. The Morgan fingerprint density at radius 1 is 1.36 bits per heavy atom. The van der Waals surface area contributed by atoms with Crippen LogP contribution in [0.4, 0.5) is 10.5 Å². The molecule has 1 aromatic carbocycles. The summed E-state index contributed by atoms with van der Waals surface area (Å²) >= 11 is 0. The van der Waals surface area contributed by atoms with Crippen molar-refractivity contribution in [3.05, 3.63) is 41.1 Å². The zero-order valence-corrected chi connectivity index (χ0v) is 12.8. The van der Waals surface area contributed by atoms with E-state index in [0.717, 1.165) is 41.6 Å². The van der Waals surface area contributed by atoms with E-state index in [1.54, 1.807) is 13.3 Å². The molecular weight excluding hydrogens is 278 g/mol. The molecule has 1 heterocycles. The van der Waals surface area contributed by atoms with Gasteiger partial charge in [0.05, 0.1) is 12.8 Å². The minimum atomic E-state index is -0.540. The van der Waals surface area contributed by atoms with Crippen LogP contribution in [0.5, 0.6) is 5.88 Å². The van der Waals surface area contributed by atoms with Gasteiger partial charge < -0.3 is 15.8 Å². The molecule has 0 aliphatic heterocycles. The molecule has 0 saturated heterocycles. The molecule has 1 aliphatic carbocycles. The highest BCUT2D eigenvalue weighted by Gasteiger charge is 2.22. The minimum Gasteiger partial charge on any atom is -0.481 e. The van der Waals surface area contributed by atoms with Crippen molar-refractivity contribution in [3.63, 3.8) is 0 Å². The monoisotopic (exact) mass is 297 g/mol. The van der Waals surface area contributed by atoms with Gasteiger partial charge in [-0.05, 0) is 54.5 Å². The summed E-state index contributed by atoms with van der Waals surface area (Å²) in [4.78, 5) is 15.6. The molecule has 0 atom stereocenters. The first-order valence-corrected chi connectivity index (χ1v) is 7.32. The maximum absolute atomic E-state index is 11.5. The Morgan fingerprint density at radius 3 is 2.91 bits per heavy atom. The van der Waals surface area contributed by atoms with Gasteiger partial charge in [-0.3, -0.25) is 0 Å². The van der Waals surface area contributed by atoms with E-state index in [1.807, 2.05) is 19.1 Å². The van der Waals surface area contributed by atoms with Crippen molar-refractivity contribution in [2.24, 2.45) is 5.73 Å². The van der Waals surface area contributed by atoms with E-state index in [1.165, 1.54) is 11.1 Å². The maximum atomic E-state index is 11.5. The van der Waals surface area contributed by atoms with Gasteiger partial charge in [-0.25, -0.2) is 9.78 Å². The Kier molecular flexibility index (Phi) is 3.71. The first-order valence-electron chi connectivity index (χ1n) is 7.32. The normalized spacial score (nSPS) is 12.8. The fourth-order valence-corrected chi connectivity index (χ4v) is 3.20. The van der Waals surface area contributed by atoms with Crippen molar-refractivity contribution >= 4 is 11.7 Å². The van der Waals surface area contributed by atoms with Crippen LogP contribution in [0.25, 0.3) is 11.1 Å². The first kappa shape index (κ1) is 14.4. The van der Waals surface area contributed by atoms with Crippen molar-refractivity contribution in [1.29, 1.82) is 0 Å². The third-order valence-corrected chi connectivity index (χ3v) is 4.08. The van der Waals surface area contributed by atoms with Gasteiger partial charge in [-0.15, -0.1) is 0 Å². The van der Waals surface area contributed by atoms with Crippen LogP contribution in [-0.4, -0.2) is 18.1 Å². The molecular formula is C17H19N3O2. The average molecular weight is 297 g/mol. The number of methoxy groups -OCH3 is 1. The number of anilines is 1. The second-order valence-corrected chi connectivity index (χ2v) is 5.51. The number of pyridine rings is 1. The number of aryl methyl sites for hydroxylation is 2. The number of nitrogens with one attached hydrogen (secondary N) is 1. The second kappa shape index (κ2) is 5.67. The quantitative estimate of drug-likeness (QED) is 0.914. The molecule has 22 heavy (non-hydrogen) atoms. The summed E-state index contributed by atoms with van der Waals surface area (Å²) in [6, 6.07) is 5.45. The Labute approximate surface area is 129 Å². The molecule has 2 amide bonds. The van der Waals surface area contributed by atoms with Crippen LogP contribution in [0.3, 0.4) is 0 Å². The van der Waals surface area contributed by atoms with Crippen LogP contribution in [0, 0.1) is 6.92 Å².